The molecule has 0 spiro atoms. The zero-order valence-electron chi connectivity index (χ0n) is 23.7. The van der Waals surface area contributed by atoms with Gasteiger partial charge in [-0.1, -0.05) is 52.8 Å². The molecule has 6 atom stereocenters. The summed E-state index contributed by atoms with van der Waals surface area (Å²) in [6.45, 7) is 8.51. The highest BCUT2D eigenvalue weighted by molar-refractivity contribution is 6.05. The first-order valence-corrected chi connectivity index (χ1v) is 13.3. The average Bonchev–Trinajstić information content (AvgIpc) is 3.14. The number of nitrogens with zero attached hydrogens (tertiary/aromatic N) is 2. The topological polar surface area (TPSA) is 120 Å². The van der Waals surface area contributed by atoms with Gasteiger partial charge in [0.15, 0.2) is 0 Å². The highest BCUT2D eigenvalue weighted by atomic mass is 19.4. The monoisotopic (exact) mass is 581 g/mol. The number of rotatable bonds is 7. The Bertz CT molecular complexity index is 1290. The minimum absolute atomic E-state index is 0.0977. The summed E-state index contributed by atoms with van der Waals surface area (Å²) >= 11 is 0. The van der Waals surface area contributed by atoms with Crippen molar-refractivity contribution in [1.29, 1.82) is 0 Å². The number of aliphatic imine (C=N–C) groups is 1. The van der Waals surface area contributed by atoms with Crippen LogP contribution in [0.4, 0.5) is 23.2 Å². The molecule has 1 aliphatic carbocycles. The van der Waals surface area contributed by atoms with E-state index in [9.17, 15) is 32.3 Å². The van der Waals surface area contributed by atoms with Crippen LogP contribution < -0.4 is 16.0 Å². The SMILES string of the molecule is CN=C[C@H](CC1(F)C(=O)Nc2ccccc21)NC(=O)[C@@H]1[C@@H]2[C@H](CN1C(=O)[C@@H](NC(=O)C(F)(F)F)C(C)(C)C)C2(C)C. The first-order chi connectivity index (χ1) is 18.8. The molecular weight excluding hydrogens is 546 g/mol. The lowest BCUT2D eigenvalue weighted by Gasteiger charge is -2.38. The summed E-state index contributed by atoms with van der Waals surface area (Å²) < 4.78 is 55.4. The van der Waals surface area contributed by atoms with E-state index in [2.05, 4.69) is 15.6 Å². The second-order valence-corrected chi connectivity index (χ2v) is 12.7. The van der Waals surface area contributed by atoms with Crippen LogP contribution in [0.2, 0.25) is 0 Å². The van der Waals surface area contributed by atoms with Crippen molar-refractivity contribution in [3.8, 4) is 0 Å². The number of nitrogens with one attached hydrogen (secondary N) is 3. The number of alkyl halides is 4. The summed E-state index contributed by atoms with van der Waals surface area (Å²) in [5, 5.41) is 7.03. The first kappa shape index (κ1) is 30.4. The third-order valence-corrected chi connectivity index (χ3v) is 8.53. The van der Waals surface area contributed by atoms with E-state index in [0.717, 1.165) is 0 Å². The van der Waals surface area contributed by atoms with Gasteiger partial charge in [0.25, 0.3) is 5.91 Å². The smallest absolute Gasteiger partial charge is 0.346 e. The minimum Gasteiger partial charge on any atom is -0.346 e. The molecular formula is C28H35F4N5O4. The predicted octanol–water partition coefficient (Wildman–Crippen LogP) is 2.96. The molecule has 2 heterocycles. The molecule has 1 saturated carbocycles. The number of piperidine rings is 1. The summed E-state index contributed by atoms with van der Waals surface area (Å²) in [7, 11) is 1.43. The maximum Gasteiger partial charge on any atom is 0.471 e. The van der Waals surface area contributed by atoms with Gasteiger partial charge in [-0.25, -0.2) is 4.39 Å². The fraction of sp³-hybridized carbons (Fsp3) is 0.607. The second-order valence-electron chi connectivity index (χ2n) is 12.7. The molecule has 9 nitrogen and oxygen atoms in total. The number of halogens is 4. The molecule has 4 rings (SSSR count). The molecule has 0 radical (unpaired) electrons. The Labute approximate surface area is 235 Å². The molecule has 1 aromatic carbocycles. The van der Waals surface area contributed by atoms with Crippen LogP contribution in [-0.4, -0.2) is 72.6 Å². The number of amides is 4. The van der Waals surface area contributed by atoms with Crippen LogP contribution in [0, 0.1) is 22.7 Å². The van der Waals surface area contributed by atoms with Crippen LogP contribution in [0.1, 0.15) is 46.6 Å². The minimum atomic E-state index is -5.20. The second kappa shape index (κ2) is 10.1. The van der Waals surface area contributed by atoms with E-state index < -0.39 is 65.4 Å². The average molecular weight is 582 g/mol. The molecule has 3 aliphatic rings. The number of carbonyl (C=O) groups is 4. The lowest BCUT2D eigenvalue weighted by Crippen LogP contribution is -2.61. The van der Waals surface area contributed by atoms with Crippen LogP contribution in [0.15, 0.2) is 29.3 Å². The van der Waals surface area contributed by atoms with Crippen molar-refractivity contribution in [3.05, 3.63) is 29.8 Å². The Hall–Kier alpha value is -3.51. The van der Waals surface area contributed by atoms with Gasteiger partial charge in [-0.3, -0.25) is 24.2 Å². The van der Waals surface area contributed by atoms with E-state index in [0.29, 0.717) is 5.69 Å². The summed E-state index contributed by atoms with van der Waals surface area (Å²) in [6, 6.07) is 2.60. The Morgan fingerprint density at radius 2 is 1.80 bits per heavy atom. The number of hydrogen-bond acceptors (Lipinski definition) is 5. The fourth-order valence-electron chi connectivity index (χ4n) is 6.22. The molecule has 2 aliphatic heterocycles. The van der Waals surface area contributed by atoms with Gasteiger partial charge in [-0.05, 0) is 28.7 Å². The summed E-state index contributed by atoms with van der Waals surface area (Å²) in [6.07, 6.45) is -4.37. The fourth-order valence-corrected chi connectivity index (χ4v) is 6.22. The molecule has 3 N–H and O–H groups in total. The molecule has 13 heteroatoms. The molecule has 4 amide bonds. The van der Waals surface area contributed by atoms with Crippen LogP contribution >= 0.6 is 0 Å². The van der Waals surface area contributed by atoms with E-state index in [4.69, 9.17) is 0 Å². The van der Waals surface area contributed by atoms with Crippen molar-refractivity contribution in [2.45, 2.75) is 71.0 Å². The lowest BCUT2D eigenvalue weighted by molar-refractivity contribution is -0.176. The standard InChI is InChI=1S/C28H35F4N5O4/c1-25(2,3)20(36-24(41)28(30,31)32)22(39)37-13-16-18(26(16,4)5)19(37)21(38)34-14(12-33-6)11-27(29)15-9-7-8-10-17(15)35-23(27)40/h7-10,12,14,16,18-20H,11,13H2,1-6H3,(H,34,38)(H,35,40)(H,36,41)/t14-,16-,18-,19-,20+,27?/m0/s1. The van der Waals surface area contributed by atoms with Crippen LogP contribution in [-0.2, 0) is 24.8 Å². The van der Waals surface area contributed by atoms with Crippen LogP contribution in [0.5, 0.6) is 0 Å². The van der Waals surface area contributed by atoms with Gasteiger partial charge in [-0.2, -0.15) is 13.2 Å². The third kappa shape index (κ3) is 5.42. The molecule has 0 bridgehead atoms. The highest BCUT2D eigenvalue weighted by Gasteiger charge is 2.70. The number of hydrogen-bond donors (Lipinski definition) is 3. The number of likely N-dealkylation sites (tertiary alicyclic amines) is 1. The third-order valence-electron chi connectivity index (χ3n) is 8.53. The molecule has 1 saturated heterocycles. The van der Waals surface area contributed by atoms with Gasteiger partial charge in [0.1, 0.15) is 12.1 Å². The van der Waals surface area contributed by atoms with Crippen molar-refractivity contribution >= 4 is 35.5 Å². The molecule has 224 valence electrons. The summed E-state index contributed by atoms with van der Waals surface area (Å²) in [5.41, 5.74) is -3.44. The van der Waals surface area contributed by atoms with Crippen molar-refractivity contribution in [3.63, 3.8) is 0 Å². The highest BCUT2D eigenvalue weighted by Crippen LogP contribution is 2.65. The van der Waals surface area contributed by atoms with Crippen LogP contribution in [0.3, 0.4) is 0 Å². The molecule has 1 aromatic rings. The Morgan fingerprint density at radius 3 is 2.39 bits per heavy atom. The quantitative estimate of drug-likeness (QED) is 0.339. The van der Waals surface area contributed by atoms with E-state index in [1.54, 1.807) is 18.2 Å². The predicted molar refractivity (Wildman–Crippen MR) is 143 cm³/mol. The van der Waals surface area contributed by atoms with Crippen LogP contribution in [0.25, 0.3) is 0 Å². The number of benzene rings is 1. The first-order valence-electron chi connectivity index (χ1n) is 13.3. The van der Waals surface area contributed by atoms with Gasteiger partial charge >= 0.3 is 12.1 Å². The normalized spacial score (nSPS) is 28.0. The van der Waals surface area contributed by atoms with Crippen molar-refractivity contribution in [2.75, 3.05) is 18.9 Å². The Morgan fingerprint density at radius 1 is 1.17 bits per heavy atom. The molecule has 2 fully saturated rings. The molecule has 0 aromatic heterocycles. The zero-order chi connectivity index (χ0) is 30.7. The van der Waals surface area contributed by atoms with Crippen molar-refractivity contribution < 1.29 is 36.7 Å². The summed E-state index contributed by atoms with van der Waals surface area (Å²) in [5.74, 6) is -4.99. The number of para-hydroxylation sites is 1. The summed E-state index contributed by atoms with van der Waals surface area (Å²) in [4.78, 5) is 57.0. The van der Waals surface area contributed by atoms with Gasteiger partial charge < -0.3 is 20.9 Å². The van der Waals surface area contributed by atoms with E-state index in [1.165, 1.54) is 45.0 Å². The lowest BCUT2D eigenvalue weighted by atomic mass is 9.85. The largest absolute Gasteiger partial charge is 0.471 e. The molecule has 1 unspecified atom stereocenters. The maximum atomic E-state index is 16.1. The van der Waals surface area contributed by atoms with E-state index in [1.807, 2.05) is 19.2 Å². The zero-order valence-corrected chi connectivity index (χ0v) is 23.7. The van der Waals surface area contributed by atoms with Gasteiger partial charge in [0.2, 0.25) is 17.5 Å². The maximum absolute atomic E-state index is 16.1. The van der Waals surface area contributed by atoms with Crippen molar-refractivity contribution in [1.82, 2.24) is 15.5 Å². The number of carbonyl (C=O) groups excluding carboxylic acids is 4. The van der Waals surface area contributed by atoms with Gasteiger partial charge in [0.05, 0.1) is 6.04 Å². The Kier molecular flexibility index (Phi) is 7.49. The van der Waals surface area contributed by atoms with E-state index in [-0.39, 0.29) is 29.4 Å². The Balaban J connectivity index is 1.59. The number of fused-ring (bicyclic) bond motifs is 2. The van der Waals surface area contributed by atoms with Crippen molar-refractivity contribution in [2.24, 2.45) is 27.7 Å². The molecule has 41 heavy (non-hydrogen) atoms. The number of anilines is 1. The van der Waals surface area contributed by atoms with Gasteiger partial charge in [0, 0.05) is 37.5 Å². The van der Waals surface area contributed by atoms with E-state index >= 15 is 4.39 Å². The van der Waals surface area contributed by atoms with Gasteiger partial charge in [-0.15, -0.1) is 0 Å².